The molecular formula is C20H20N2O3. The Labute approximate surface area is 146 Å². The van der Waals surface area contributed by atoms with Crippen LogP contribution in [-0.2, 0) is 11.3 Å². The van der Waals surface area contributed by atoms with E-state index >= 15 is 0 Å². The normalized spacial score (nSPS) is 10.8. The molecular weight excluding hydrogens is 316 g/mol. The summed E-state index contributed by atoms with van der Waals surface area (Å²) in [4.78, 5) is 29.0. The topological polar surface area (TPSA) is 61.2 Å². The Bertz CT molecular complexity index is 939. The molecule has 0 saturated heterocycles. The van der Waals surface area contributed by atoms with Gasteiger partial charge in [0.25, 0.3) is 0 Å². The van der Waals surface area contributed by atoms with Crippen molar-refractivity contribution in [1.29, 1.82) is 0 Å². The van der Waals surface area contributed by atoms with Crippen molar-refractivity contribution in [3.05, 3.63) is 65.1 Å². The summed E-state index contributed by atoms with van der Waals surface area (Å²) in [6.45, 7) is 6.67. The predicted octanol–water partition coefficient (Wildman–Crippen LogP) is 3.77. The number of nitrogens with zero attached hydrogens (tertiary/aromatic N) is 2. The average Bonchev–Trinajstić information content (AvgIpc) is 2.99. The number of aromatic nitrogens is 2. The van der Waals surface area contributed by atoms with E-state index < -0.39 is 0 Å². The lowest BCUT2D eigenvalue weighted by Crippen LogP contribution is -2.10. The van der Waals surface area contributed by atoms with Crippen LogP contribution in [0, 0.1) is 6.92 Å². The Balaban J connectivity index is 2.07. The molecule has 5 heteroatoms. The number of ketones is 1. The molecule has 0 spiro atoms. The first kappa shape index (κ1) is 16.9. The number of aryl methyl sites for hydroxylation is 2. The van der Waals surface area contributed by atoms with Crippen LogP contribution in [0.3, 0.4) is 0 Å². The fourth-order valence-corrected chi connectivity index (χ4v) is 2.87. The first-order valence-electron chi connectivity index (χ1n) is 8.33. The molecule has 3 aromatic rings. The third kappa shape index (κ3) is 3.18. The molecule has 128 valence electrons. The van der Waals surface area contributed by atoms with Gasteiger partial charge in [0.15, 0.2) is 0 Å². The molecule has 3 rings (SSSR count). The molecule has 0 radical (unpaired) electrons. The largest absolute Gasteiger partial charge is 0.462 e. The van der Waals surface area contributed by atoms with Crippen molar-refractivity contribution in [1.82, 2.24) is 9.55 Å². The summed E-state index contributed by atoms with van der Waals surface area (Å²) >= 11 is 0. The van der Waals surface area contributed by atoms with Crippen molar-refractivity contribution < 1.29 is 14.3 Å². The van der Waals surface area contributed by atoms with E-state index in [4.69, 9.17) is 4.74 Å². The lowest BCUT2D eigenvalue weighted by molar-refractivity contribution is 0.0526. The number of rotatable bonds is 5. The summed E-state index contributed by atoms with van der Waals surface area (Å²) in [5.41, 5.74) is 3.37. The molecule has 1 aromatic carbocycles. The minimum Gasteiger partial charge on any atom is -0.462 e. The minimum atomic E-state index is -0.360. The van der Waals surface area contributed by atoms with Crippen LogP contribution >= 0.6 is 0 Å². The smallest absolute Gasteiger partial charge is 0.338 e. The number of hydrogen-bond acceptors (Lipinski definition) is 4. The van der Waals surface area contributed by atoms with Crippen molar-refractivity contribution in [2.24, 2.45) is 0 Å². The minimum absolute atomic E-state index is 0.129. The van der Waals surface area contributed by atoms with Gasteiger partial charge in [-0.3, -0.25) is 9.78 Å². The maximum atomic E-state index is 12.9. The van der Waals surface area contributed by atoms with Crippen molar-refractivity contribution in [2.75, 3.05) is 6.61 Å². The molecule has 25 heavy (non-hydrogen) atoms. The van der Waals surface area contributed by atoms with Crippen LogP contribution in [0.5, 0.6) is 0 Å². The fourth-order valence-electron chi connectivity index (χ4n) is 2.87. The Morgan fingerprint density at radius 1 is 1.12 bits per heavy atom. The van der Waals surface area contributed by atoms with E-state index in [9.17, 15) is 9.59 Å². The second-order valence-electron chi connectivity index (χ2n) is 5.82. The number of esters is 1. The average molecular weight is 336 g/mol. The van der Waals surface area contributed by atoms with Crippen LogP contribution in [0.1, 0.15) is 46.0 Å². The van der Waals surface area contributed by atoms with Gasteiger partial charge < -0.3 is 9.30 Å². The highest BCUT2D eigenvalue weighted by Gasteiger charge is 2.18. The van der Waals surface area contributed by atoms with Gasteiger partial charge in [-0.25, -0.2) is 4.79 Å². The number of ether oxygens (including phenoxy) is 1. The Kier molecular flexibility index (Phi) is 4.65. The zero-order chi connectivity index (χ0) is 18.0. The highest BCUT2D eigenvalue weighted by atomic mass is 16.5. The van der Waals surface area contributed by atoms with Gasteiger partial charge >= 0.3 is 5.97 Å². The van der Waals surface area contributed by atoms with Crippen molar-refractivity contribution in [3.8, 4) is 0 Å². The van der Waals surface area contributed by atoms with Crippen molar-refractivity contribution >= 4 is 22.7 Å². The number of pyridine rings is 1. The molecule has 0 saturated carbocycles. The van der Waals surface area contributed by atoms with E-state index in [2.05, 4.69) is 4.98 Å². The number of carbonyl (C=O) groups is 2. The summed E-state index contributed by atoms with van der Waals surface area (Å²) in [7, 11) is 0. The van der Waals surface area contributed by atoms with E-state index in [-0.39, 0.29) is 11.8 Å². The molecule has 0 unspecified atom stereocenters. The van der Waals surface area contributed by atoms with Gasteiger partial charge in [-0.2, -0.15) is 0 Å². The highest BCUT2D eigenvalue weighted by molar-refractivity contribution is 6.09. The van der Waals surface area contributed by atoms with Crippen LogP contribution < -0.4 is 0 Å². The molecule has 5 nitrogen and oxygen atoms in total. The van der Waals surface area contributed by atoms with Crippen LogP contribution in [0.2, 0.25) is 0 Å². The molecule has 0 aliphatic heterocycles. The molecule has 0 aliphatic carbocycles. The lowest BCUT2D eigenvalue weighted by Gasteiger charge is -2.07. The Morgan fingerprint density at radius 3 is 2.56 bits per heavy atom. The van der Waals surface area contributed by atoms with Gasteiger partial charge in [-0.15, -0.1) is 0 Å². The maximum Gasteiger partial charge on any atom is 0.338 e. The molecule has 0 aliphatic rings. The number of carbonyl (C=O) groups excluding carboxylic acids is 2. The van der Waals surface area contributed by atoms with Crippen LogP contribution in [0.4, 0.5) is 0 Å². The first-order valence-corrected chi connectivity index (χ1v) is 8.33. The molecule has 2 aromatic heterocycles. The van der Waals surface area contributed by atoms with E-state index in [0.29, 0.717) is 30.1 Å². The van der Waals surface area contributed by atoms with Gasteiger partial charge in [-0.05, 0) is 56.7 Å². The van der Waals surface area contributed by atoms with E-state index in [0.717, 1.165) is 16.5 Å². The van der Waals surface area contributed by atoms with E-state index in [1.165, 1.54) is 0 Å². The third-order valence-electron chi connectivity index (χ3n) is 4.11. The summed E-state index contributed by atoms with van der Waals surface area (Å²) in [5, 5.41) is 0.836. The number of fused-ring (bicyclic) bond motifs is 1. The quantitative estimate of drug-likeness (QED) is 0.525. The summed E-state index contributed by atoms with van der Waals surface area (Å²) in [6.07, 6.45) is 1.69. The van der Waals surface area contributed by atoms with Gasteiger partial charge in [0.2, 0.25) is 5.78 Å². The zero-order valence-electron chi connectivity index (χ0n) is 14.6. The Morgan fingerprint density at radius 2 is 1.92 bits per heavy atom. The van der Waals surface area contributed by atoms with Crippen LogP contribution in [-0.4, -0.2) is 27.9 Å². The fraction of sp³-hybridized carbons (Fsp3) is 0.250. The predicted molar refractivity (Wildman–Crippen MR) is 96.0 cm³/mol. The lowest BCUT2D eigenvalue weighted by atomic mass is 10.1. The van der Waals surface area contributed by atoms with Crippen molar-refractivity contribution in [3.63, 3.8) is 0 Å². The van der Waals surface area contributed by atoms with Crippen LogP contribution in [0.15, 0.2) is 42.6 Å². The second-order valence-corrected chi connectivity index (χ2v) is 5.82. The zero-order valence-corrected chi connectivity index (χ0v) is 14.6. The standard InChI is InChI=1S/C20H20N2O3/c1-4-22-17-9-7-14(20(24)25-5-2)10-15(17)11-18(22)19(23)16-8-6-13(3)12-21-16/h6-12H,4-5H2,1-3H3. The van der Waals surface area contributed by atoms with Crippen LogP contribution in [0.25, 0.3) is 10.9 Å². The van der Waals surface area contributed by atoms with Gasteiger partial charge in [0.05, 0.1) is 17.9 Å². The molecule has 0 atom stereocenters. The second kappa shape index (κ2) is 6.89. The van der Waals surface area contributed by atoms with E-state index in [1.54, 1.807) is 31.3 Å². The van der Waals surface area contributed by atoms with Gasteiger partial charge in [0.1, 0.15) is 5.69 Å². The molecule has 2 heterocycles. The number of hydrogen-bond donors (Lipinski definition) is 0. The maximum absolute atomic E-state index is 12.9. The molecule has 0 amide bonds. The highest BCUT2D eigenvalue weighted by Crippen LogP contribution is 2.23. The summed E-state index contributed by atoms with van der Waals surface area (Å²) < 4.78 is 6.98. The molecule has 0 bridgehead atoms. The van der Waals surface area contributed by atoms with E-state index in [1.807, 2.05) is 36.6 Å². The molecule has 0 N–H and O–H groups in total. The van der Waals surface area contributed by atoms with Gasteiger partial charge in [0, 0.05) is 23.6 Å². The molecule has 0 fully saturated rings. The third-order valence-corrected chi connectivity index (χ3v) is 4.11. The van der Waals surface area contributed by atoms with Gasteiger partial charge in [-0.1, -0.05) is 6.07 Å². The summed E-state index contributed by atoms with van der Waals surface area (Å²) in [6, 6.07) is 10.8. The SMILES string of the molecule is CCOC(=O)c1ccc2c(c1)cc(C(=O)c1ccc(C)cn1)n2CC. The van der Waals surface area contributed by atoms with Crippen molar-refractivity contribution in [2.45, 2.75) is 27.3 Å². The monoisotopic (exact) mass is 336 g/mol. The first-order chi connectivity index (χ1) is 12.0. The Hall–Kier alpha value is -2.95. The number of benzene rings is 1. The summed E-state index contributed by atoms with van der Waals surface area (Å²) in [5.74, 6) is -0.488.